The largest absolute Gasteiger partial charge is 0.495 e. The van der Waals surface area contributed by atoms with Gasteiger partial charge in [-0.3, -0.25) is 4.79 Å². The van der Waals surface area contributed by atoms with Crippen molar-refractivity contribution in [2.75, 3.05) is 41.5 Å². The molecular formula is C48H83NO16. The molecule has 3 aliphatic rings. The summed E-state index contributed by atoms with van der Waals surface area (Å²) in [5.41, 5.74) is -0.714. The van der Waals surface area contributed by atoms with Gasteiger partial charge in [-0.1, -0.05) is 45.1 Å². The molecule has 0 radical (unpaired) electrons. The maximum absolute atomic E-state index is 13.8. The Kier molecular flexibility index (Phi) is 23.3. The first-order chi connectivity index (χ1) is 30.5. The van der Waals surface area contributed by atoms with Gasteiger partial charge in [0, 0.05) is 57.8 Å². The minimum absolute atomic E-state index is 0.00175. The zero-order valence-corrected chi connectivity index (χ0v) is 41.1. The topological polar surface area (TPSA) is 222 Å². The molecule has 0 aromatic heterocycles. The van der Waals surface area contributed by atoms with Gasteiger partial charge in [0.2, 0.25) is 0 Å². The number of likely N-dealkylation sites (N-methyl/N-ethyl adjacent to an activating group) is 1. The van der Waals surface area contributed by atoms with Gasteiger partial charge in [-0.25, -0.2) is 0 Å². The summed E-state index contributed by atoms with van der Waals surface area (Å²) < 4.78 is 55.5. The average molecular weight is 930 g/mol. The van der Waals surface area contributed by atoms with Crippen molar-refractivity contribution in [1.29, 1.82) is 0 Å². The second kappa shape index (κ2) is 26.5. The third-order valence-electron chi connectivity index (χ3n) is 13.2. The summed E-state index contributed by atoms with van der Waals surface area (Å²) >= 11 is 0. The van der Waals surface area contributed by atoms with Crippen LogP contribution in [0.3, 0.4) is 0 Å². The number of aliphatic hydroxyl groups excluding tert-OH is 4. The van der Waals surface area contributed by atoms with Gasteiger partial charge in [-0.2, -0.15) is 0 Å². The molecule has 0 bridgehead atoms. The zero-order chi connectivity index (χ0) is 48.9. The predicted octanol–water partition coefficient (Wildman–Crippen LogP) is 3.46. The van der Waals surface area contributed by atoms with Crippen molar-refractivity contribution in [1.82, 2.24) is 4.90 Å². The third-order valence-corrected chi connectivity index (χ3v) is 13.2. The lowest BCUT2D eigenvalue weighted by Crippen LogP contribution is -2.65. The van der Waals surface area contributed by atoms with Crippen LogP contribution in [0.1, 0.15) is 94.4 Å². The molecule has 3 aliphatic heterocycles. The molecule has 20 atom stereocenters. The molecule has 20 unspecified atom stereocenters. The van der Waals surface area contributed by atoms with Gasteiger partial charge in [0.05, 0.1) is 54.5 Å². The lowest BCUT2D eigenvalue weighted by molar-refractivity contribution is -0.341. The van der Waals surface area contributed by atoms with Gasteiger partial charge < -0.3 is 77.9 Å². The molecule has 2 fully saturated rings. The van der Waals surface area contributed by atoms with Gasteiger partial charge in [-0.05, 0) is 80.5 Å². The lowest BCUT2D eigenvalue weighted by atomic mass is 9.79. The monoisotopic (exact) mass is 930 g/mol. The first kappa shape index (κ1) is 57.1. The van der Waals surface area contributed by atoms with E-state index in [1.54, 1.807) is 59.7 Å². The van der Waals surface area contributed by atoms with Crippen LogP contribution in [-0.2, 0) is 52.2 Å². The van der Waals surface area contributed by atoms with Crippen LogP contribution in [0.4, 0.5) is 0 Å². The van der Waals surface area contributed by atoms with E-state index in [-0.39, 0.29) is 38.1 Å². The van der Waals surface area contributed by atoms with Crippen molar-refractivity contribution >= 4 is 12.1 Å². The first-order valence-corrected chi connectivity index (χ1v) is 23.2. The summed E-state index contributed by atoms with van der Waals surface area (Å²) in [6.45, 7) is 20.3. The summed E-state index contributed by atoms with van der Waals surface area (Å²) in [4.78, 5) is 27.9. The van der Waals surface area contributed by atoms with E-state index in [4.69, 9.17) is 42.6 Å². The number of nitrogens with zero attached hydrogens (tertiary/aromatic N) is 1. The minimum atomic E-state index is -1.47. The van der Waals surface area contributed by atoms with Crippen molar-refractivity contribution < 1.29 is 77.8 Å². The molecule has 0 aliphatic carbocycles. The van der Waals surface area contributed by atoms with Gasteiger partial charge in [0.15, 0.2) is 24.7 Å². The van der Waals surface area contributed by atoms with E-state index in [0.29, 0.717) is 18.8 Å². The Morgan fingerprint density at radius 2 is 1.65 bits per heavy atom. The molecule has 2 saturated heterocycles. The molecule has 0 spiro atoms. The summed E-state index contributed by atoms with van der Waals surface area (Å²) in [6.07, 6.45) is -5.97. The Morgan fingerprint density at radius 3 is 2.20 bits per heavy atom. The first-order valence-electron chi connectivity index (χ1n) is 23.2. The number of carbonyl (C=O) groups is 2. The van der Waals surface area contributed by atoms with Crippen LogP contribution in [0.15, 0.2) is 36.1 Å². The number of aliphatic hydroxyl groups is 5. The zero-order valence-electron chi connectivity index (χ0n) is 41.1. The van der Waals surface area contributed by atoms with Gasteiger partial charge >= 0.3 is 0 Å². The Hall–Kier alpha value is -2.20. The molecule has 65 heavy (non-hydrogen) atoms. The molecule has 3 heterocycles. The van der Waals surface area contributed by atoms with E-state index in [9.17, 15) is 35.1 Å². The van der Waals surface area contributed by atoms with E-state index in [0.717, 1.165) is 11.9 Å². The fourth-order valence-corrected chi connectivity index (χ4v) is 9.39. The fourth-order valence-electron chi connectivity index (χ4n) is 9.39. The van der Waals surface area contributed by atoms with Crippen molar-refractivity contribution in [2.24, 2.45) is 23.7 Å². The predicted molar refractivity (Wildman–Crippen MR) is 241 cm³/mol. The van der Waals surface area contributed by atoms with Crippen LogP contribution in [0.2, 0.25) is 0 Å². The van der Waals surface area contributed by atoms with E-state index >= 15 is 0 Å². The highest BCUT2D eigenvalue weighted by atomic mass is 16.7. The molecule has 0 saturated carbocycles. The van der Waals surface area contributed by atoms with Crippen molar-refractivity contribution in [3.63, 3.8) is 0 Å². The Balaban J connectivity index is 1.97. The summed E-state index contributed by atoms with van der Waals surface area (Å²) in [6, 6.07) is -0.711. The van der Waals surface area contributed by atoms with Crippen molar-refractivity contribution in [2.45, 2.75) is 192 Å². The second-order valence-electron chi connectivity index (χ2n) is 18.8. The third kappa shape index (κ3) is 15.7. The lowest BCUT2D eigenvalue weighted by Gasteiger charge is -2.50. The molecule has 0 amide bonds. The molecule has 17 nitrogen and oxygen atoms in total. The van der Waals surface area contributed by atoms with E-state index < -0.39 is 121 Å². The fraction of sp³-hybridized carbons (Fsp3) is 0.833. The summed E-state index contributed by atoms with van der Waals surface area (Å²) in [5.74, 6) is -2.13. The molecule has 17 heteroatoms. The van der Waals surface area contributed by atoms with E-state index in [1.165, 1.54) is 27.2 Å². The second-order valence-corrected chi connectivity index (χ2v) is 18.8. The van der Waals surface area contributed by atoms with Crippen LogP contribution in [0.25, 0.3) is 0 Å². The highest BCUT2D eigenvalue weighted by Crippen LogP contribution is 2.38. The average Bonchev–Trinajstić information content (AvgIpc) is 3.23. The smallest absolute Gasteiger partial charge is 0.186 e. The number of ketones is 1. The number of hydrogen-bond acceptors (Lipinski definition) is 17. The van der Waals surface area contributed by atoms with Crippen LogP contribution < -0.4 is 0 Å². The molecule has 376 valence electrons. The maximum Gasteiger partial charge on any atom is 0.186 e. The highest BCUT2D eigenvalue weighted by Gasteiger charge is 2.51. The number of allylic oxidation sites excluding steroid dienone is 3. The van der Waals surface area contributed by atoms with Crippen LogP contribution >= 0.6 is 0 Å². The Bertz CT molecular complexity index is 1520. The molecule has 0 aromatic carbocycles. The van der Waals surface area contributed by atoms with Gasteiger partial charge in [0.25, 0.3) is 0 Å². The Labute approximate surface area is 387 Å². The number of rotatable bonds is 18. The van der Waals surface area contributed by atoms with Crippen LogP contribution in [0, 0.1) is 23.7 Å². The number of aldehydes is 1. The normalized spacial score (nSPS) is 40.3. The molecular weight excluding hydrogens is 847 g/mol. The molecule has 3 rings (SSSR count). The minimum Gasteiger partial charge on any atom is -0.495 e. The van der Waals surface area contributed by atoms with Crippen molar-refractivity contribution in [3.05, 3.63) is 36.1 Å². The van der Waals surface area contributed by atoms with Crippen molar-refractivity contribution in [3.8, 4) is 0 Å². The quantitative estimate of drug-likeness (QED) is 0.0981. The summed E-state index contributed by atoms with van der Waals surface area (Å²) in [7, 11) is 6.53. The molecule has 5 N–H and O–H groups in total. The van der Waals surface area contributed by atoms with Crippen LogP contribution in [0.5, 0.6) is 0 Å². The van der Waals surface area contributed by atoms with E-state index in [2.05, 4.69) is 6.58 Å². The highest BCUT2D eigenvalue weighted by molar-refractivity contribution is 5.91. The van der Waals surface area contributed by atoms with Crippen LogP contribution in [-0.4, -0.2) is 182 Å². The molecule has 0 aromatic rings. The van der Waals surface area contributed by atoms with Gasteiger partial charge in [0.1, 0.15) is 42.9 Å². The number of ether oxygens (including phenoxy) is 9. The van der Waals surface area contributed by atoms with Gasteiger partial charge in [-0.15, -0.1) is 0 Å². The summed E-state index contributed by atoms with van der Waals surface area (Å²) in [5, 5.41) is 55.8. The number of carbonyl (C=O) groups excluding carboxylic acids is 2. The standard InChI is InChI=1S/C48H83NO16/c1-15-37-34(25-60-47(59-16-2)44(58-14)42(57-13)30(7)51)21-26(3)17-18-35(52)27(4)22-33(19-20-50)41(29(6)36(53)23-28(5)61-37)65-46-40(54)39(49(11)12)43(31(8)63-46)64-38-24-48(10,56)45(55)32(9)62-38/h17-18,20-21,27,29-34,36-47,51,53-56H,5,15-16,19,22-25H2,1-4,6-14H3/b18-17+,26-21+. The number of hydrogen-bond donors (Lipinski definition) is 5. The Morgan fingerprint density at radius 1 is 0.985 bits per heavy atom. The SMILES string of the molecule is C=C1CC(O)C(C)C(OC2OC(C)C(OC3CC(C)(O)C(O)C(C)O3)C(N(C)C)C2O)C(CC=O)CC(C)C(=O)/C=C/C(C)=C/C(COC(OCC)C(OC)C(OC)C(C)O)C(CC)O1. The van der Waals surface area contributed by atoms with E-state index in [1.807, 2.05) is 26.8 Å². The number of methoxy groups -OCH3 is 2. The maximum atomic E-state index is 13.8.